The van der Waals surface area contributed by atoms with E-state index in [0.717, 1.165) is 18.8 Å². The summed E-state index contributed by atoms with van der Waals surface area (Å²) in [6.45, 7) is 2.55. The summed E-state index contributed by atoms with van der Waals surface area (Å²) in [6, 6.07) is 7.49. The van der Waals surface area contributed by atoms with Crippen molar-refractivity contribution in [2.45, 2.75) is 18.9 Å². The molecule has 0 aromatic carbocycles. The van der Waals surface area contributed by atoms with Gasteiger partial charge in [0.05, 0.1) is 12.3 Å². The number of nitrogens with one attached hydrogen (secondary N) is 1. The molecule has 1 unspecified atom stereocenters. The lowest BCUT2D eigenvalue weighted by Gasteiger charge is -2.26. The van der Waals surface area contributed by atoms with Crippen LogP contribution in [0.25, 0.3) is 0 Å². The molecule has 0 aliphatic carbocycles. The Morgan fingerprint density at radius 1 is 1.30 bits per heavy atom. The van der Waals surface area contributed by atoms with Crippen molar-refractivity contribution in [1.82, 2.24) is 15.2 Å². The van der Waals surface area contributed by atoms with Gasteiger partial charge in [0, 0.05) is 11.0 Å². The Balaban J connectivity index is 1.71. The zero-order valence-electron chi connectivity index (χ0n) is 12.5. The number of pyridine rings is 1. The first-order valence-electron chi connectivity index (χ1n) is 7.53. The van der Waals surface area contributed by atoms with Crippen molar-refractivity contribution in [2.75, 3.05) is 19.6 Å². The van der Waals surface area contributed by atoms with Gasteiger partial charge in [0.2, 0.25) is 0 Å². The smallest absolute Gasteiger partial charge is 0.271 e. The standard InChI is InChI=1S/C16H17Br2N3O2/c17-11-5-6-14(18)20-15(11)16(22)19-10-12(13-4-3-9-23-13)21-7-1-2-8-21/h3-6,9,12H,1-2,7-8,10H2,(H,19,22). The minimum absolute atomic E-state index is 0.0578. The fourth-order valence-corrected chi connectivity index (χ4v) is 3.50. The summed E-state index contributed by atoms with van der Waals surface area (Å²) in [5, 5.41) is 2.98. The van der Waals surface area contributed by atoms with E-state index in [1.807, 2.05) is 12.1 Å². The fraction of sp³-hybridized carbons (Fsp3) is 0.375. The quantitative estimate of drug-likeness (QED) is 0.716. The normalized spacial score (nSPS) is 16.4. The van der Waals surface area contributed by atoms with Crippen LogP contribution in [0.3, 0.4) is 0 Å². The third-order valence-electron chi connectivity index (χ3n) is 3.94. The van der Waals surface area contributed by atoms with Gasteiger partial charge in [-0.3, -0.25) is 9.69 Å². The number of hydrogen-bond acceptors (Lipinski definition) is 4. The molecule has 1 N–H and O–H groups in total. The Kier molecular flexibility index (Phi) is 5.50. The van der Waals surface area contributed by atoms with Crippen molar-refractivity contribution in [3.05, 3.63) is 51.1 Å². The number of rotatable bonds is 5. The topological polar surface area (TPSA) is 58.4 Å². The highest BCUT2D eigenvalue weighted by Crippen LogP contribution is 2.25. The second-order valence-electron chi connectivity index (χ2n) is 5.45. The zero-order chi connectivity index (χ0) is 16.2. The molecule has 0 saturated carbocycles. The summed E-state index contributed by atoms with van der Waals surface area (Å²) >= 11 is 6.66. The minimum Gasteiger partial charge on any atom is -0.468 e. The number of likely N-dealkylation sites (tertiary alicyclic amines) is 1. The molecule has 1 saturated heterocycles. The van der Waals surface area contributed by atoms with Crippen molar-refractivity contribution >= 4 is 37.8 Å². The van der Waals surface area contributed by atoms with Crippen LogP contribution in [0.15, 0.2) is 44.0 Å². The van der Waals surface area contributed by atoms with Gasteiger partial charge in [-0.25, -0.2) is 4.98 Å². The number of hydrogen-bond donors (Lipinski definition) is 1. The molecule has 1 amide bonds. The number of halogens is 2. The van der Waals surface area contributed by atoms with Crippen LogP contribution in [-0.4, -0.2) is 35.4 Å². The maximum Gasteiger partial charge on any atom is 0.271 e. The first-order chi connectivity index (χ1) is 11.1. The summed E-state index contributed by atoms with van der Waals surface area (Å²) in [5.74, 6) is 0.683. The summed E-state index contributed by atoms with van der Waals surface area (Å²) in [4.78, 5) is 19.0. The van der Waals surface area contributed by atoms with Gasteiger partial charge >= 0.3 is 0 Å². The van der Waals surface area contributed by atoms with Crippen LogP contribution in [-0.2, 0) is 0 Å². The van der Waals surface area contributed by atoms with Crippen molar-refractivity contribution < 1.29 is 9.21 Å². The molecule has 2 aromatic rings. The predicted octanol–water partition coefficient (Wildman–Crippen LogP) is 3.77. The first kappa shape index (κ1) is 16.7. The largest absolute Gasteiger partial charge is 0.468 e. The van der Waals surface area contributed by atoms with E-state index in [1.54, 1.807) is 18.4 Å². The SMILES string of the molecule is O=C(NCC(c1ccco1)N1CCCC1)c1nc(Br)ccc1Br. The summed E-state index contributed by atoms with van der Waals surface area (Å²) in [6.07, 6.45) is 4.04. The molecule has 122 valence electrons. The van der Waals surface area contributed by atoms with Gasteiger partial charge in [0.25, 0.3) is 5.91 Å². The molecule has 23 heavy (non-hydrogen) atoms. The molecule has 1 fully saturated rings. The van der Waals surface area contributed by atoms with E-state index in [9.17, 15) is 4.79 Å². The number of furan rings is 1. The van der Waals surface area contributed by atoms with E-state index in [1.165, 1.54) is 12.8 Å². The van der Waals surface area contributed by atoms with Crippen molar-refractivity contribution in [1.29, 1.82) is 0 Å². The Morgan fingerprint density at radius 2 is 2.09 bits per heavy atom. The van der Waals surface area contributed by atoms with Gasteiger partial charge in [-0.2, -0.15) is 0 Å². The summed E-state index contributed by atoms with van der Waals surface area (Å²) in [7, 11) is 0. The monoisotopic (exact) mass is 441 g/mol. The average Bonchev–Trinajstić information content (AvgIpc) is 3.23. The zero-order valence-corrected chi connectivity index (χ0v) is 15.6. The molecule has 1 atom stereocenters. The second-order valence-corrected chi connectivity index (χ2v) is 7.12. The minimum atomic E-state index is -0.200. The molecule has 0 bridgehead atoms. The lowest BCUT2D eigenvalue weighted by molar-refractivity contribution is 0.0927. The molecule has 5 nitrogen and oxygen atoms in total. The van der Waals surface area contributed by atoms with Crippen LogP contribution in [0.4, 0.5) is 0 Å². The number of aromatic nitrogens is 1. The van der Waals surface area contributed by atoms with Crippen LogP contribution in [0.1, 0.15) is 35.1 Å². The molecule has 0 radical (unpaired) electrons. The van der Waals surface area contributed by atoms with Crippen LogP contribution < -0.4 is 5.32 Å². The van der Waals surface area contributed by atoms with Gasteiger partial charge in [-0.05, 0) is 82.1 Å². The Bertz CT molecular complexity index is 670. The van der Waals surface area contributed by atoms with Crippen LogP contribution in [0.2, 0.25) is 0 Å². The molecule has 7 heteroatoms. The van der Waals surface area contributed by atoms with Crippen molar-refractivity contribution in [3.63, 3.8) is 0 Å². The Morgan fingerprint density at radius 3 is 2.78 bits per heavy atom. The molecular weight excluding hydrogens is 426 g/mol. The van der Waals surface area contributed by atoms with Gasteiger partial charge in [0.1, 0.15) is 16.1 Å². The van der Waals surface area contributed by atoms with E-state index in [0.29, 0.717) is 21.3 Å². The maximum atomic E-state index is 12.4. The van der Waals surface area contributed by atoms with E-state index in [4.69, 9.17) is 4.42 Å². The van der Waals surface area contributed by atoms with Crippen molar-refractivity contribution in [3.8, 4) is 0 Å². The summed E-state index contributed by atoms with van der Waals surface area (Å²) < 4.78 is 6.87. The highest BCUT2D eigenvalue weighted by Gasteiger charge is 2.26. The van der Waals surface area contributed by atoms with Crippen LogP contribution in [0.5, 0.6) is 0 Å². The van der Waals surface area contributed by atoms with E-state index in [2.05, 4.69) is 47.1 Å². The third kappa shape index (κ3) is 4.02. The highest BCUT2D eigenvalue weighted by molar-refractivity contribution is 9.11. The molecule has 1 aliphatic rings. The Hall–Kier alpha value is -1.18. The van der Waals surface area contributed by atoms with E-state index in [-0.39, 0.29) is 11.9 Å². The number of nitrogens with zero attached hydrogens (tertiary/aromatic N) is 2. The molecule has 2 aromatic heterocycles. The molecule has 0 spiro atoms. The lowest BCUT2D eigenvalue weighted by atomic mass is 10.2. The Labute approximate surface area is 151 Å². The molecular formula is C16H17Br2N3O2. The third-order valence-corrected chi connectivity index (χ3v) is 5.02. The fourth-order valence-electron chi connectivity index (χ4n) is 2.79. The van der Waals surface area contributed by atoms with Crippen LogP contribution >= 0.6 is 31.9 Å². The van der Waals surface area contributed by atoms with Crippen LogP contribution in [0, 0.1) is 0 Å². The van der Waals surface area contributed by atoms with Gasteiger partial charge in [-0.1, -0.05) is 0 Å². The first-order valence-corrected chi connectivity index (χ1v) is 9.11. The number of carbonyl (C=O) groups is 1. The van der Waals surface area contributed by atoms with Gasteiger partial charge in [0.15, 0.2) is 0 Å². The molecule has 1 aliphatic heterocycles. The molecule has 3 heterocycles. The lowest BCUT2D eigenvalue weighted by Crippen LogP contribution is -2.37. The predicted molar refractivity (Wildman–Crippen MR) is 94.2 cm³/mol. The van der Waals surface area contributed by atoms with Crippen molar-refractivity contribution in [2.24, 2.45) is 0 Å². The van der Waals surface area contributed by atoms with Gasteiger partial charge < -0.3 is 9.73 Å². The number of carbonyl (C=O) groups excluding carboxylic acids is 1. The second kappa shape index (κ2) is 7.59. The molecule has 3 rings (SSSR count). The summed E-state index contributed by atoms with van der Waals surface area (Å²) in [5.41, 5.74) is 0.374. The maximum absolute atomic E-state index is 12.4. The highest BCUT2D eigenvalue weighted by atomic mass is 79.9. The average molecular weight is 443 g/mol. The number of amides is 1. The van der Waals surface area contributed by atoms with E-state index < -0.39 is 0 Å². The van der Waals surface area contributed by atoms with Gasteiger partial charge in [-0.15, -0.1) is 0 Å². The van der Waals surface area contributed by atoms with E-state index >= 15 is 0 Å².